The molecule has 2 N–H and O–H groups in total. The molecular weight excluding hydrogens is 230 g/mol. The molecule has 0 unspecified atom stereocenters. The average Bonchev–Trinajstić information content (AvgIpc) is 1.82. The highest BCUT2D eigenvalue weighted by Crippen LogP contribution is 3.04. The van der Waals surface area contributed by atoms with Gasteiger partial charge in [-0.3, -0.25) is 0 Å². The fourth-order valence-corrected chi connectivity index (χ4v) is 1.68. The molecule has 1 aromatic rings. The first-order valence-electron chi connectivity index (χ1n) is 3.09. The Bertz CT molecular complexity index is 329. The van der Waals surface area contributed by atoms with Crippen LogP contribution < -0.4 is 5.73 Å². The Morgan fingerprint density at radius 1 is 1.00 bits per heavy atom. The van der Waals surface area contributed by atoms with Gasteiger partial charge in [0.1, 0.15) is 0 Å². The molecule has 0 atom stereocenters. The number of hydrogen-bond acceptors (Lipinski definition) is 1. The lowest BCUT2D eigenvalue weighted by Crippen LogP contribution is -2.04. The topological polar surface area (TPSA) is 26.0 Å². The molecule has 0 aliphatic carbocycles. The summed E-state index contributed by atoms with van der Waals surface area (Å²) in [4.78, 5) is -1.49. The number of halogens is 5. The van der Waals surface area contributed by atoms with Crippen LogP contribution in [-0.4, -0.2) is 0 Å². The molecule has 13 heavy (non-hydrogen) atoms. The Morgan fingerprint density at radius 3 is 1.69 bits per heavy atom. The third-order valence-electron chi connectivity index (χ3n) is 1.33. The maximum atomic E-state index is 12.5. The second-order valence-corrected chi connectivity index (χ2v) is 6.81. The average molecular weight is 236 g/mol. The molecule has 0 spiro atoms. The zero-order valence-electron chi connectivity index (χ0n) is 6.18. The lowest BCUT2D eigenvalue weighted by atomic mass is 10.3. The van der Waals surface area contributed by atoms with E-state index >= 15 is 0 Å². The van der Waals surface area contributed by atoms with Gasteiger partial charge in [-0.05, 0) is 24.3 Å². The highest BCUT2D eigenvalue weighted by atomic mass is 35.7. The van der Waals surface area contributed by atoms with E-state index in [1.54, 1.807) is 0 Å². The number of nitrogen functional groups attached to an aromatic ring is 1. The van der Waals surface area contributed by atoms with Crippen LogP contribution in [0.15, 0.2) is 29.2 Å². The molecule has 0 radical (unpaired) electrons. The zero-order chi connectivity index (χ0) is 10.4. The van der Waals surface area contributed by atoms with Gasteiger partial charge in [0.05, 0.1) is 4.90 Å². The lowest BCUT2D eigenvalue weighted by molar-refractivity contribution is 0.480. The van der Waals surface area contributed by atoms with Crippen LogP contribution in [0.25, 0.3) is 0 Å². The van der Waals surface area contributed by atoms with Crippen molar-refractivity contribution in [2.75, 3.05) is 5.73 Å². The van der Waals surface area contributed by atoms with E-state index in [0.717, 1.165) is 12.1 Å². The monoisotopic (exact) mass is 235 g/mol. The smallest absolute Gasteiger partial charge is 0.253 e. The second-order valence-electron chi connectivity index (χ2n) is 2.54. The minimum atomic E-state index is -8.54. The summed E-state index contributed by atoms with van der Waals surface area (Å²) in [5.41, 5.74) is 5.25. The van der Waals surface area contributed by atoms with E-state index in [9.17, 15) is 15.5 Å². The molecule has 0 aliphatic heterocycles. The Labute approximate surface area is 76.4 Å². The van der Waals surface area contributed by atoms with Crippen LogP contribution in [0.5, 0.6) is 0 Å². The molecule has 0 heterocycles. The summed E-state index contributed by atoms with van der Waals surface area (Å²) in [7, 11) is -4.50. The van der Waals surface area contributed by atoms with Crippen molar-refractivity contribution >= 4 is 25.4 Å². The number of rotatable bonds is 1. The Balaban J connectivity index is 3.34. The summed E-state index contributed by atoms with van der Waals surface area (Å²) in [6, 6.07) is 2.92. The summed E-state index contributed by atoms with van der Waals surface area (Å²) >= 11 is 0. The van der Waals surface area contributed by atoms with Gasteiger partial charge in [-0.25, -0.2) is 0 Å². The van der Waals surface area contributed by atoms with Crippen molar-refractivity contribution in [1.29, 1.82) is 0 Å². The van der Waals surface area contributed by atoms with Gasteiger partial charge in [0.15, 0.2) is 0 Å². The molecule has 7 heteroatoms. The molecule has 76 valence electrons. The van der Waals surface area contributed by atoms with Gasteiger partial charge in [0.2, 0.25) is 0 Å². The number of anilines is 1. The molecule has 0 aromatic heterocycles. The largest absolute Gasteiger partial charge is 0.399 e. The molecule has 0 saturated heterocycles. The summed E-state index contributed by atoms with van der Waals surface area (Å²) in [6.45, 7) is 0. The molecule has 1 aromatic carbocycles. The molecule has 1 nitrogen and oxygen atoms in total. The van der Waals surface area contributed by atoms with Gasteiger partial charge in [-0.2, -0.15) is 0 Å². The Morgan fingerprint density at radius 2 is 1.38 bits per heavy atom. The van der Waals surface area contributed by atoms with Crippen molar-refractivity contribution in [3.05, 3.63) is 24.3 Å². The molecule has 0 bridgehead atoms. The van der Waals surface area contributed by atoms with E-state index in [1.165, 1.54) is 0 Å². The zero-order valence-corrected chi connectivity index (χ0v) is 7.76. The van der Waals surface area contributed by atoms with Crippen LogP contribution in [-0.2, 0) is 0 Å². The first kappa shape index (κ1) is 10.5. The maximum absolute atomic E-state index is 12.5. The minimum absolute atomic E-state index is 0.113. The van der Waals surface area contributed by atoms with Crippen molar-refractivity contribution in [2.45, 2.75) is 4.90 Å². The van der Waals surface area contributed by atoms with E-state index in [0.29, 0.717) is 12.1 Å². The molecule has 0 saturated carbocycles. The highest BCUT2D eigenvalue weighted by Gasteiger charge is 2.62. The van der Waals surface area contributed by atoms with Gasteiger partial charge in [-0.1, -0.05) is 0 Å². The van der Waals surface area contributed by atoms with Gasteiger partial charge in [-0.15, -0.1) is 15.5 Å². The predicted octanol–water partition coefficient (Wildman–Crippen LogP) is 4.20. The number of benzene rings is 1. The van der Waals surface area contributed by atoms with Crippen LogP contribution in [0.1, 0.15) is 0 Å². The quantitative estimate of drug-likeness (QED) is 0.573. The number of hydrogen-bond donors (Lipinski definition) is 1. The molecule has 0 fully saturated rings. The van der Waals surface area contributed by atoms with Gasteiger partial charge in [0.25, 0.3) is 9.05 Å². The lowest BCUT2D eigenvalue weighted by Gasteiger charge is -2.42. The van der Waals surface area contributed by atoms with Gasteiger partial charge < -0.3 is 5.73 Å². The van der Waals surface area contributed by atoms with Crippen LogP contribution in [0.3, 0.4) is 0 Å². The van der Waals surface area contributed by atoms with Crippen LogP contribution in [0.2, 0.25) is 0 Å². The maximum Gasteiger partial charge on any atom is 0.253 e. The Hall–Kier alpha value is -0.620. The molecule has 1 rings (SSSR count). The molecule has 0 amide bonds. The van der Waals surface area contributed by atoms with Crippen LogP contribution >= 0.6 is 19.7 Å². The SMILES string of the molecule is Nc1ccc(S(F)(F)(F)(F)Cl)cc1. The summed E-state index contributed by atoms with van der Waals surface area (Å²) in [6.07, 6.45) is 0. The van der Waals surface area contributed by atoms with Crippen LogP contribution in [0, 0.1) is 0 Å². The van der Waals surface area contributed by atoms with Crippen molar-refractivity contribution in [3.8, 4) is 0 Å². The van der Waals surface area contributed by atoms with E-state index in [1.807, 2.05) is 0 Å². The Kier molecular flexibility index (Phi) is 1.66. The van der Waals surface area contributed by atoms with Gasteiger partial charge in [0, 0.05) is 16.4 Å². The highest BCUT2D eigenvalue weighted by molar-refractivity contribution is 8.65. The van der Waals surface area contributed by atoms with E-state index in [4.69, 9.17) is 5.73 Å². The number of nitrogens with two attached hydrogens (primary N) is 1. The summed E-state index contributed by atoms with van der Waals surface area (Å²) in [5, 5.41) is 0. The van der Waals surface area contributed by atoms with E-state index in [2.05, 4.69) is 10.7 Å². The standard InChI is InChI=1S/C6H6ClF4NS/c7-13(8,9,10,11)6-3-1-5(12)2-4-6/h1-4H,12H2. The summed E-state index contributed by atoms with van der Waals surface area (Å²) < 4.78 is 49.9. The fourth-order valence-electron chi connectivity index (χ4n) is 0.725. The van der Waals surface area contributed by atoms with Crippen molar-refractivity contribution in [1.82, 2.24) is 0 Å². The third-order valence-corrected chi connectivity index (χ3v) is 3.02. The first-order chi connectivity index (χ1) is 5.49. The minimum Gasteiger partial charge on any atom is -0.399 e. The normalized spacial score (nSPS) is 17.6. The third kappa shape index (κ3) is 2.67. The van der Waals surface area contributed by atoms with Crippen molar-refractivity contribution in [3.63, 3.8) is 0 Å². The first-order valence-corrected chi connectivity index (χ1v) is 5.96. The van der Waals surface area contributed by atoms with E-state index < -0.39 is 13.9 Å². The molecular formula is C6H6ClF4NS. The van der Waals surface area contributed by atoms with Crippen molar-refractivity contribution in [2.24, 2.45) is 0 Å². The van der Waals surface area contributed by atoms with Gasteiger partial charge >= 0.3 is 0 Å². The predicted molar refractivity (Wildman–Crippen MR) is 47.0 cm³/mol. The van der Waals surface area contributed by atoms with E-state index in [-0.39, 0.29) is 5.69 Å². The second kappa shape index (κ2) is 2.06. The molecule has 0 aliphatic rings. The van der Waals surface area contributed by atoms with Crippen molar-refractivity contribution < 1.29 is 15.5 Å². The fraction of sp³-hybridized carbons (Fsp3) is 0. The van der Waals surface area contributed by atoms with Crippen LogP contribution in [0.4, 0.5) is 21.2 Å². The summed E-state index contributed by atoms with van der Waals surface area (Å²) in [5.74, 6) is 0.